The zero-order chi connectivity index (χ0) is 13.2. The van der Waals surface area contributed by atoms with Crippen LogP contribution in [-0.2, 0) is 17.8 Å². The number of nitrogens with zero attached hydrogens (tertiary/aromatic N) is 2. The molecule has 3 rings (SSSR count). The van der Waals surface area contributed by atoms with Gasteiger partial charge < -0.3 is 10.5 Å². The summed E-state index contributed by atoms with van der Waals surface area (Å²) < 4.78 is 5.43. The molecule has 2 aliphatic rings. The first-order chi connectivity index (χ1) is 9.28. The van der Waals surface area contributed by atoms with E-state index in [4.69, 9.17) is 15.5 Å². The maximum Gasteiger partial charge on any atom is 0.134 e. The van der Waals surface area contributed by atoms with Gasteiger partial charge in [-0.25, -0.2) is 9.97 Å². The Labute approximate surface area is 114 Å². The lowest BCUT2D eigenvalue weighted by atomic mass is 9.80. The number of nitrogen functional groups attached to an aromatic ring is 1. The van der Waals surface area contributed by atoms with E-state index in [-0.39, 0.29) is 0 Å². The first kappa shape index (κ1) is 12.9. The van der Waals surface area contributed by atoms with Crippen molar-refractivity contribution in [3.8, 4) is 0 Å². The second-order valence-corrected chi connectivity index (χ2v) is 5.82. The molecular weight excluding hydrogens is 238 g/mol. The molecule has 1 fully saturated rings. The van der Waals surface area contributed by atoms with Crippen molar-refractivity contribution in [2.45, 2.75) is 58.0 Å². The molecule has 0 atom stereocenters. The van der Waals surface area contributed by atoms with Gasteiger partial charge in [0.05, 0.1) is 18.9 Å². The number of rotatable bonds is 2. The normalized spacial score (nSPS) is 27.0. The van der Waals surface area contributed by atoms with Crippen molar-refractivity contribution < 1.29 is 4.74 Å². The van der Waals surface area contributed by atoms with Gasteiger partial charge in [0, 0.05) is 17.9 Å². The van der Waals surface area contributed by atoms with Crippen molar-refractivity contribution in [3.05, 3.63) is 17.1 Å². The number of anilines is 1. The summed E-state index contributed by atoms with van der Waals surface area (Å²) in [6.45, 7) is 3.62. The molecule has 1 aromatic rings. The Morgan fingerprint density at radius 2 is 2.00 bits per heavy atom. The van der Waals surface area contributed by atoms with Crippen LogP contribution in [0.15, 0.2) is 0 Å². The third-order valence-corrected chi connectivity index (χ3v) is 4.66. The summed E-state index contributed by atoms with van der Waals surface area (Å²) in [5.41, 5.74) is 8.20. The van der Waals surface area contributed by atoms with Crippen LogP contribution in [0.25, 0.3) is 0 Å². The van der Waals surface area contributed by atoms with E-state index in [1.54, 1.807) is 0 Å². The molecule has 1 aliphatic heterocycles. The minimum Gasteiger partial charge on any atom is -0.383 e. The lowest BCUT2D eigenvalue weighted by Gasteiger charge is -2.28. The number of ether oxygens (including phenoxy) is 1. The quantitative estimate of drug-likeness (QED) is 0.889. The van der Waals surface area contributed by atoms with Crippen LogP contribution in [-0.4, -0.2) is 16.6 Å². The second-order valence-electron chi connectivity index (χ2n) is 5.82. The third kappa shape index (κ3) is 2.59. The van der Waals surface area contributed by atoms with Crippen LogP contribution in [0.3, 0.4) is 0 Å². The number of nitrogens with two attached hydrogens (primary N) is 1. The molecule has 1 saturated carbocycles. The molecule has 0 aromatic carbocycles. The minimum atomic E-state index is 0.512. The van der Waals surface area contributed by atoms with Crippen molar-refractivity contribution in [3.63, 3.8) is 0 Å². The molecule has 1 aromatic heterocycles. The highest BCUT2D eigenvalue weighted by molar-refractivity contribution is 5.43. The predicted molar refractivity (Wildman–Crippen MR) is 74.8 cm³/mol. The van der Waals surface area contributed by atoms with Crippen LogP contribution in [0.2, 0.25) is 0 Å². The lowest BCUT2D eigenvalue weighted by Crippen LogP contribution is -2.20. The molecule has 2 heterocycles. The summed E-state index contributed by atoms with van der Waals surface area (Å²) in [7, 11) is 0. The number of aromatic nitrogens is 2. The van der Waals surface area contributed by atoms with Gasteiger partial charge in [-0.15, -0.1) is 0 Å². The van der Waals surface area contributed by atoms with E-state index < -0.39 is 0 Å². The molecule has 4 heteroatoms. The van der Waals surface area contributed by atoms with Crippen LogP contribution in [0.5, 0.6) is 0 Å². The van der Waals surface area contributed by atoms with Gasteiger partial charge in [-0.3, -0.25) is 0 Å². The predicted octanol–water partition coefficient (Wildman–Crippen LogP) is 2.82. The summed E-state index contributed by atoms with van der Waals surface area (Å²) in [5, 5.41) is 0. The van der Waals surface area contributed by atoms with E-state index in [1.807, 2.05) is 0 Å². The van der Waals surface area contributed by atoms with Crippen molar-refractivity contribution in [2.24, 2.45) is 5.92 Å². The smallest absolute Gasteiger partial charge is 0.134 e. The van der Waals surface area contributed by atoms with Crippen molar-refractivity contribution in [1.82, 2.24) is 9.97 Å². The van der Waals surface area contributed by atoms with Gasteiger partial charge in [0.1, 0.15) is 11.6 Å². The fourth-order valence-corrected chi connectivity index (χ4v) is 3.29. The van der Waals surface area contributed by atoms with Crippen LogP contribution in [0.4, 0.5) is 5.82 Å². The van der Waals surface area contributed by atoms with E-state index >= 15 is 0 Å². The van der Waals surface area contributed by atoms with E-state index in [0.717, 1.165) is 36.0 Å². The molecule has 0 amide bonds. The van der Waals surface area contributed by atoms with Gasteiger partial charge in [-0.05, 0) is 31.6 Å². The summed E-state index contributed by atoms with van der Waals surface area (Å²) in [5.74, 6) is 3.03. The van der Waals surface area contributed by atoms with Crippen molar-refractivity contribution >= 4 is 5.82 Å². The van der Waals surface area contributed by atoms with Crippen LogP contribution in [0.1, 0.15) is 62.0 Å². The van der Waals surface area contributed by atoms with Crippen LogP contribution in [0, 0.1) is 5.92 Å². The molecule has 1 aliphatic carbocycles. The van der Waals surface area contributed by atoms with Gasteiger partial charge in [0.15, 0.2) is 0 Å². The summed E-state index contributed by atoms with van der Waals surface area (Å²) >= 11 is 0. The number of fused-ring (bicyclic) bond motifs is 1. The zero-order valence-corrected chi connectivity index (χ0v) is 11.7. The molecule has 104 valence electrons. The fraction of sp³-hybridized carbons (Fsp3) is 0.733. The molecule has 2 N–H and O–H groups in total. The highest BCUT2D eigenvalue weighted by atomic mass is 16.5. The molecule has 19 heavy (non-hydrogen) atoms. The first-order valence-corrected chi connectivity index (χ1v) is 7.50. The monoisotopic (exact) mass is 261 g/mol. The molecule has 0 spiro atoms. The summed E-state index contributed by atoms with van der Waals surface area (Å²) in [4.78, 5) is 9.33. The van der Waals surface area contributed by atoms with E-state index in [0.29, 0.717) is 18.3 Å². The minimum absolute atomic E-state index is 0.512. The Morgan fingerprint density at radius 1 is 1.21 bits per heavy atom. The van der Waals surface area contributed by atoms with Gasteiger partial charge in [-0.1, -0.05) is 13.3 Å². The molecule has 0 saturated heterocycles. The van der Waals surface area contributed by atoms with E-state index in [9.17, 15) is 0 Å². The number of hydrogen-bond donors (Lipinski definition) is 1. The third-order valence-electron chi connectivity index (χ3n) is 4.66. The van der Waals surface area contributed by atoms with Gasteiger partial charge in [0.2, 0.25) is 0 Å². The maximum atomic E-state index is 6.07. The maximum absolute atomic E-state index is 6.07. The highest BCUT2D eigenvalue weighted by Gasteiger charge is 2.25. The summed E-state index contributed by atoms with van der Waals surface area (Å²) in [6.07, 6.45) is 7.23. The second kappa shape index (κ2) is 5.45. The topological polar surface area (TPSA) is 61.0 Å². The standard InChI is InChI=1S/C15H23N3O/c1-2-10-3-5-11(6-4-10)15-17-13-7-8-19-9-12(13)14(16)18-15/h10-11H,2-9H2,1H3,(H2,16,17,18). The largest absolute Gasteiger partial charge is 0.383 e. The van der Waals surface area contributed by atoms with Crippen LogP contribution >= 0.6 is 0 Å². The fourth-order valence-electron chi connectivity index (χ4n) is 3.29. The van der Waals surface area contributed by atoms with Crippen molar-refractivity contribution in [2.75, 3.05) is 12.3 Å². The van der Waals surface area contributed by atoms with Crippen molar-refractivity contribution in [1.29, 1.82) is 0 Å². The van der Waals surface area contributed by atoms with Gasteiger partial charge in [-0.2, -0.15) is 0 Å². The Hall–Kier alpha value is -1.16. The van der Waals surface area contributed by atoms with Gasteiger partial charge in [0.25, 0.3) is 0 Å². The SMILES string of the molecule is CCC1CCC(c2nc(N)c3c(n2)CCOC3)CC1. The Balaban J connectivity index is 1.80. The first-order valence-electron chi connectivity index (χ1n) is 7.50. The van der Waals surface area contributed by atoms with E-state index in [1.165, 1.54) is 32.1 Å². The Kier molecular flexibility index (Phi) is 3.69. The Morgan fingerprint density at radius 3 is 2.74 bits per heavy atom. The molecular formula is C15H23N3O. The van der Waals surface area contributed by atoms with E-state index in [2.05, 4.69) is 11.9 Å². The average molecular weight is 261 g/mol. The van der Waals surface area contributed by atoms with Crippen LogP contribution < -0.4 is 5.73 Å². The van der Waals surface area contributed by atoms with Gasteiger partial charge >= 0.3 is 0 Å². The lowest BCUT2D eigenvalue weighted by molar-refractivity contribution is 0.109. The molecule has 0 bridgehead atoms. The zero-order valence-electron chi connectivity index (χ0n) is 11.7. The Bertz CT molecular complexity index is 453. The molecule has 4 nitrogen and oxygen atoms in total. The molecule has 0 unspecified atom stereocenters. The molecule has 0 radical (unpaired) electrons. The summed E-state index contributed by atoms with van der Waals surface area (Å²) in [6, 6.07) is 0. The average Bonchev–Trinajstić information content (AvgIpc) is 2.47. The highest BCUT2D eigenvalue weighted by Crippen LogP contribution is 2.36. The number of hydrogen-bond acceptors (Lipinski definition) is 4.